The number of carbonyl (C=O) groups is 1. The topological polar surface area (TPSA) is 165 Å². The van der Waals surface area contributed by atoms with Gasteiger partial charge in [-0.2, -0.15) is 0 Å². The number of hydrogen-bond donors (Lipinski definition) is 3. The largest absolute Gasteiger partial charge is 0.415 e. The zero-order chi connectivity index (χ0) is 24.6. The molecule has 1 aromatic carbocycles. The third kappa shape index (κ3) is 4.66. The van der Waals surface area contributed by atoms with E-state index in [1.54, 1.807) is 0 Å². The highest BCUT2D eigenvalue weighted by Gasteiger charge is 2.67. The predicted molar refractivity (Wildman–Crippen MR) is 112 cm³/mol. The van der Waals surface area contributed by atoms with Crippen molar-refractivity contribution in [2.75, 3.05) is 26.3 Å². The predicted octanol–water partition coefficient (Wildman–Crippen LogP) is 2.36. The number of nitrogens with zero attached hydrogens (tertiary/aromatic N) is 2. The molecule has 184 valence electrons. The number of para-hydroxylation sites is 1. The highest BCUT2D eigenvalue weighted by molar-refractivity contribution is 7.73. The molecule has 1 amide bonds. The maximum atomic E-state index is 14.6. The Hall–Kier alpha value is -2.21. The van der Waals surface area contributed by atoms with Crippen molar-refractivity contribution in [1.29, 1.82) is 0 Å². The normalized spacial score (nSPS) is 31.8. The van der Waals surface area contributed by atoms with E-state index in [0.717, 1.165) is 18.2 Å². The fourth-order valence-corrected chi connectivity index (χ4v) is 6.98. The number of benzene rings is 1. The van der Waals surface area contributed by atoms with Gasteiger partial charge in [0.05, 0.1) is 18.8 Å². The molecule has 2 aliphatic heterocycles. The molecule has 2 aliphatic rings. The van der Waals surface area contributed by atoms with Gasteiger partial charge in [0.2, 0.25) is 6.29 Å². The smallest absolute Gasteiger partial charge is 0.407 e. The van der Waals surface area contributed by atoms with Crippen molar-refractivity contribution < 1.29 is 51.7 Å². The lowest BCUT2D eigenvalue weighted by Gasteiger charge is -2.41. The number of amides is 1. The first-order valence-corrected chi connectivity index (χ1v) is 13.2. The monoisotopic (exact) mass is 518 g/mol. The average Bonchev–Trinajstić information content (AvgIpc) is 2.80. The van der Waals surface area contributed by atoms with E-state index in [-0.39, 0.29) is 31.9 Å². The first-order chi connectivity index (χ1) is 16.0. The van der Waals surface area contributed by atoms with Crippen LogP contribution in [0.3, 0.4) is 0 Å². The van der Waals surface area contributed by atoms with Crippen molar-refractivity contribution in [1.82, 2.24) is 9.88 Å². The van der Waals surface area contributed by atoms with Gasteiger partial charge >= 0.3 is 21.3 Å². The van der Waals surface area contributed by atoms with Crippen molar-refractivity contribution in [3.05, 3.63) is 59.7 Å². The minimum Gasteiger partial charge on any atom is -0.407 e. The molecule has 1 aromatic heterocycles. The van der Waals surface area contributed by atoms with Gasteiger partial charge in [0.25, 0.3) is 5.08 Å². The molecule has 15 heteroatoms. The van der Waals surface area contributed by atoms with Crippen LogP contribution in [-0.4, -0.2) is 62.3 Å². The van der Waals surface area contributed by atoms with E-state index in [2.05, 4.69) is 4.98 Å². The molecule has 34 heavy (non-hydrogen) atoms. The second kappa shape index (κ2) is 9.44. The lowest BCUT2D eigenvalue weighted by molar-refractivity contribution is -0.0590. The summed E-state index contributed by atoms with van der Waals surface area (Å²) in [6, 6.07) is 6.10. The van der Waals surface area contributed by atoms with Crippen LogP contribution >= 0.6 is 15.2 Å². The molecule has 2 unspecified atom stereocenters. The molecule has 2 saturated heterocycles. The zero-order valence-corrected chi connectivity index (χ0v) is 19.3. The molecule has 2 aromatic rings. The molecule has 0 bridgehead atoms. The third-order valence-corrected chi connectivity index (χ3v) is 9.85. The summed E-state index contributed by atoms with van der Waals surface area (Å²) in [6.07, 6.45) is -1.21. The Morgan fingerprint density at radius 3 is 2.47 bits per heavy atom. The maximum absolute atomic E-state index is 14.6. The van der Waals surface area contributed by atoms with E-state index in [1.165, 1.54) is 29.4 Å². The second-order valence-electron chi connectivity index (χ2n) is 7.52. The summed E-state index contributed by atoms with van der Waals surface area (Å²) in [6.45, 7) is 0.895. The van der Waals surface area contributed by atoms with Crippen LogP contribution < -0.4 is 4.74 Å². The van der Waals surface area contributed by atoms with Crippen LogP contribution in [-0.2, 0) is 29.3 Å². The SMILES string of the molecule is O=C(Oc1c(F)cccc1C1OP(=O)(O)C(O)(Cc2cccnc2)P(=O)(O)O1)N1CCOCC1. The van der Waals surface area contributed by atoms with Crippen LogP contribution in [0.5, 0.6) is 5.75 Å². The molecule has 3 N–H and O–H groups in total. The number of morpholine rings is 1. The molecule has 0 radical (unpaired) electrons. The van der Waals surface area contributed by atoms with Crippen LogP contribution in [0.1, 0.15) is 17.4 Å². The van der Waals surface area contributed by atoms with Crippen molar-refractivity contribution in [3.8, 4) is 5.75 Å². The van der Waals surface area contributed by atoms with Gasteiger partial charge in [0, 0.05) is 31.9 Å². The first-order valence-electron chi connectivity index (χ1n) is 10.0. The summed E-state index contributed by atoms with van der Waals surface area (Å²) < 4.78 is 60.9. The fourth-order valence-electron chi connectivity index (χ4n) is 3.41. The van der Waals surface area contributed by atoms with E-state index in [1.807, 2.05) is 0 Å². The fraction of sp³-hybridized carbons (Fsp3) is 0.368. The van der Waals surface area contributed by atoms with Gasteiger partial charge in [0.15, 0.2) is 11.6 Å². The van der Waals surface area contributed by atoms with Gasteiger partial charge in [-0.3, -0.25) is 23.2 Å². The summed E-state index contributed by atoms with van der Waals surface area (Å²) in [7, 11) is -10.6. The molecule has 2 fully saturated rings. The Balaban J connectivity index is 1.64. The van der Waals surface area contributed by atoms with Gasteiger partial charge in [0.1, 0.15) is 0 Å². The van der Waals surface area contributed by atoms with Crippen LogP contribution in [0.25, 0.3) is 0 Å². The van der Waals surface area contributed by atoms with Gasteiger partial charge in [-0.05, 0) is 23.8 Å². The Kier molecular flexibility index (Phi) is 6.92. The first kappa shape index (κ1) is 24.9. The minimum absolute atomic E-state index is 0.157. The zero-order valence-electron chi connectivity index (χ0n) is 17.5. The highest BCUT2D eigenvalue weighted by Crippen LogP contribution is 2.79. The molecular weight excluding hydrogens is 497 g/mol. The van der Waals surface area contributed by atoms with E-state index >= 15 is 0 Å². The number of carbonyl (C=O) groups excluding carboxylic acids is 1. The van der Waals surface area contributed by atoms with Gasteiger partial charge < -0.3 is 29.3 Å². The van der Waals surface area contributed by atoms with E-state index in [4.69, 9.17) is 18.5 Å². The Labute approximate surface area is 192 Å². The summed E-state index contributed by atoms with van der Waals surface area (Å²) in [5.74, 6) is -1.77. The number of ether oxygens (including phenoxy) is 2. The molecule has 3 heterocycles. The maximum Gasteiger partial charge on any atom is 0.415 e. The minimum atomic E-state index is -5.31. The third-order valence-electron chi connectivity index (χ3n) is 5.26. The molecule has 4 rings (SSSR count). The van der Waals surface area contributed by atoms with Crippen molar-refractivity contribution >= 4 is 21.3 Å². The van der Waals surface area contributed by atoms with Crippen molar-refractivity contribution in [2.24, 2.45) is 0 Å². The molecule has 0 saturated carbocycles. The highest BCUT2D eigenvalue weighted by atomic mass is 31.2. The van der Waals surface area contributed by atoms with E-state index in [9.17, 15) is 33.2 Å². The second-order valence-corrected chi connectivity index (χ2v) is 11.9. The Morgan fingerprint density at radius 2 is 1.85 bits per heavy atom. The van der Waals surface area contributed by atoms with Crippen molar-refractivity contribution in [2.45, 2.75) is 17.8 Å². The van der Waals surface area contributed by atoms with Gasteiger partial charge in [-0.15, -0.1) is 0 Å². The summed E-state index contributed by atoms with van der Waals surface area (Å²) in [5.41, 5.74) is -0.279. The lowest BCUT2D eigenvalue weighted by atomic mass is 10.2. The number of hydrogen-bond acceptors (Lipinski definition) is 9. The van der Waals surface area contributed by atoms with Crippen LogP contribution in [0.2, 0.25) is 0 Å². The number of halogens is 1. The van der Waals surface area contributed by atoms with E-state index in [0.29, 0.717) is 0 Å². The molecule has 12 nitrogen and oxygen atoms in total. The average molecular weight is 518 g/mol. The summed E-state index contributed by atoms with van der Waals surface area (Å²) >= 11 is 0. The quantitative estimate of drug-likeness (QED) is 0.509. The number of aliphatic hydroxyl groups is 1. The Morgan fingerprint density at radius 1 is 1.18 bits per heavy atom. The molecule has 0 spiro atoms. The van der Waals surface area contributed by atoms with Crippen LogP contribution in [0.4, 0.5) is 9.18 Å². The van der Waals surface area contributed by atoms with E-state index < -0.39 is 56.2 Å². The van der Waals surface area contributed by atoms with Crippen molar-refractivity contribution in [3.63, 3.8) is 0 Å². The lowest BCUT2D eigenvalue weighted by Crippen LogP contribution is -2.42. The number of aromatic nitrogens is 1. The number of pyridine rings is 1. The van der Waals surface area contributed by atoms with Gasteiger partial charge in [-0.25, -0.2) is 9.18 Å². The van der Waals surface area contributed by atoms with Crippen LogP contribution in [0.15, 0.2) is 42.7 Å². The number of rotatable bonds is 4. The summed E-state index contributed by atoms with van der Waals surface area (Å²) in [4.78, 5) is 38.5. The molecule has 2 atom stereocenters. The Bertz CT molecular complexity index is 1140. The standard InChI is InChI=1S/C19H21FN2O10P2/c20-15-5-1-4-14(16(15)30-18(23)22-7-9-29-10-8-22)17-31-33(25,26)19(24,34(27,28)32-17)11-13-3-2-6-21-12-13/h1-6,12,17,24H,7-11H2,(H,25,26)(H,27,28). The molecule has 0 aliphatic carbocycles. The summed E-state index contributed by atoms with van der Waals surface area (Å²) in [5, 5.41) is 7.58. The molecular formula is C19H21FN2O10P2. The van der Waals surface area contributed by atoms with Crippen LogP contribution in [0, 0.1) is 5.82 Å². The van der Waals surface area contributed by atoms with Gasteiger partial charge in [-0.1, -0.05) is 12.1 Å².